The largest absolute Gasteiger partial charge is 0.292 e. The number of benzene rings is 1. The molecule has 3 aromatic rings. The van der Waals surface area contributed by atoms with Gasteiger partial charge in [-0.25, -0.2) is 10.8 Å². The number of nitrogen functional groups attached to an aromatic ring is 1. The van der Waals surface area contributed by atoms with Crippen molar-refractivity contribution in [3.8, 4) is 5.82 Å². The lowest BCUT2D eigenvalue weighted by molar-refractivity contribution is 0.790. The molecule has 18 heavy (non-hydrogen) atoms. The summed E-state index contributed by atoms with van der Waals surface area (Å²) < 4.78 is 1.67. The van der Waals surface area contributed by atoms with Crippen LogP contribution in [-0.4, -0.2) is 25.0 Å². The molecule has 3 N–H and O–H groups in total. The maximum absolute atomic E-state index is 5.31. The zero-order valence-electron chi connectivity index (χ0n) is 9.70. The van der Waals surface area contributed by atoms with Gasteiger partial charge in [-0.2, -0.15) is 9.67 Å². The van der Waals surface area contributed by atoms with Gasteiger partial charge in [-0.15, -0.1) is 5.10 Å². The van der Waals surface area contributed by atoms with Crippen molar-refractivity contribution in [3.63, 3.8) is 0 Å². The van der Waals surface area contributed by atoms with E-state index >= 15 is 0 Å². The van der Waals surface area contributed by atoms with E-state index < -0.39 is 0 Å². The van der Waals surface area contributed by atoms with Crippen molar-refractivity contribution < 1.29 is 0 Å². The fourth-order valence-electron chi connectivity index (χ4n) is 1.74. The molecule has 0 unspecified atom stereocenters. The van der Waals surface area contributed by atoms with Gasteiger partial charge in [0, 0.05) is 11.8 Å². The van der Waals surface area contributed by atoms with E-state index in [0.29, 0.717) is 11.8 Å². The number of hydrazine groups is 1. The molecule has 2 heterocycles. The van der Waals surface area contributed by atoms with Gasteiger partial charge in [0.2, 0.25) is 5.95 Å². The summed E-state index contributed by atoms with van der Waals surface area (Å²) in [5.74, 6) is 6.32. The number of fused-ring (bicyclic) bond motifs is 1. The highest BCUT2D eigenvalue weighted by Gasteiger charge is 2.10. The molecule has 0 spiro atoms. The van der Waals surface area contributed by atoms with Crippen molar-refractivity contribution in [3.05, 3.63) is 36.0 Å². The number of rotatable bonds is 2. The third-order valence-corrected chi connectivity index (χ3v) is 2.63. The summed E-state index contributed by atoms with van der Waals surface area (Å²) >= 11 is 0. The molecular weight excluding hydrogens is 230 g/mol. The van der Waals surface area contributed by atoms with Crippen LogP contribution < -0.4 is 11.3 Å². The molecule has 0 aliphatic heterocycles. The average molecular weight is 241 g/mol. The second-order valence-corrected chi connectivity index (χ2v) is 3.83. The van der Waals surface area contributed by atoms with Gasteiger partial charge in [0.25, 0.3) is 0 Å². The number of para-hydroxylation sites is 1. The summed E-state index contributed by atoms with van der Waals surface area (Å²) in [6, 6.07) is 7.69. The van der Waals surface area contributed by atoms with E-state index in [2.05, 4.69) is 25.7 Å². The molecule has 3 rings (SSSR count). The topological polar surface area (TPSA) is 94.5 Å². The van der Waals surface area contributed by atoms with Crippen molar-refractivity contribution in [2.24, 2.45) is 5.84 Å². The third-order valence-electron chi connectivity index (χ3n) is 2.63. The van der Waals surface area contributed by atoms with E-state index in [9.17, 15) is 0 Å². The molecule has 0 aliphatic rings. The van der Waals surface area contributed by atoms with Gasteiger partial charge in [-0.05, 0) is 19.1 Å². The van der Waals surface area contributed by atoms with Crippen LogP contribution in [0.3, 0.4) is 0 Å². The minimum atomic E-state index is 0.343. The highest BCUT2D eigenvalue weighted by atomic mass is 15.5. The summed E-state index contributed by atoms with van der Waals surface area (Å²) in [6.45, 7) is 1.91. The highest BCUT2D eigenvalue weighted by Crippen LogP contribution is 2.17. The molecule has 0 radical (unpaired) electrons. The SMILES string of the molecule is Cc1cnc(NN)nc1-n1nnc2ccccc21. The first kappa shape index (κ1) is 10.6. The van der Waals surface area contributed by atoms with Crippen molar-refractivity contribution in [2.75, 3.05) is 5.43 Å². The Hall–Kier alpha value is -2.54. The van der Waals surface area contributed by atoms with Crippen LogP contribution in [0.1, 0.15) is 5.56 Å². The van der Waals surface area contributed by atoms with E-state index in [4.69, 9.17) is 5.84 Å². The zero-order valence-corrected chi connectivity index (χ0v) is 9.70. The molecule has 0 bridgehead atoms. The Kier molecular flexibility index (Phi) is 2.38. The second-order valence-electron chi connectivity index (χ2n) is 3.83. The Morgan fingerprint density at radius 2 is 2.11 bits per heavy atom. The molecule has 2 aromatic heterocycles. The van der Waals surface area contributed by atoms with Crippen LogP contribution in [0.25, 0.3) is 16.9 Å². The summed E-state index contributed by atoms with van der Waals surface area (Å²) in [7, 11) is 0. The standard InChI is InChI=1S/C11H11N7/c1-7-6-13-11(15-12)14-10(7)18-9-5-3-2-4-8(9)16-17-18/h2-6H,12H2,1H3,(H,13,14,15). The Bertz CT molecular complexity index is 703. The Morgan fingerprint density at radius 1 is 1.28 bits per heavy atom. The van der Waals surface area contributed by atoms with Gasteiger partial charge < -0.3 is 0 Å². The number of nitrogens with one attached hydrogen (secondary N) is 1. The average Bonchev–Trinajstić information content (AvgIpc) is 2.83. The summed E-state index contributed by atoms with van der Waals surface area (Å²) in [5, 5.41) is 8.20. The van der Waals surface area contributed by atoms with E-state index in [1.54, 1.807) is 10.9 Å². The lowest BCUT2D eigenvalue weighted by Gasteiger charge is -2.06. The van der Waals surface area contributed by atoms with Crippen LogP contribution in [0, 0.1) is 6.92 Å². The van der Waals surface area contributed by atoms with Crippen LogP contribution in [0.4, 0.5) is 5.95 Å². The molecule has 0 atom stereocenters. The van der Waals surface area contributed by atoms with Crippen molar-refractivity contribution in [2.45, 2.75) is 6.92 Å². The van der Waals surface area contributed by atoms with Crippen LogP contribution >= 0.6 is 0 Å². The fraction of sp³-hybridized carbons (Fsp3) is 0.0909. The molecule has 7 nitrogen and oxygen atoms in total. The number of aryl methyl sites for hydroxylation is 1. The minimum absolute atomic E-state index is 0.343. The van der Waals surface area contributed by atoms with E-state index in [0.717, 1.165) is 16.6 Å². The summed E-state index contributed by atoms with van der Waals surface area (Å²) in [4.78, 5) is 8.34. The quantitative estimate of drug-likeness (QED) is 0.509. The van der Waals surface area contributed by atoms with E-state index in [1.165, 1.54) is 0 Å². The molecule has 0 saturated carbocycles. The Morgan fingerprint density at radius 3 is 2.94 bits per heavy atom. The van der Waals surface area contributed by atoms with Crippen molar-refractivity contribution in [1.82, 2.24) is 25.0 Å². The molecule has 90 valence electrons. The fourth-order valence-corrected chi connectivity index (χ4v) is 1.74. The van der Waals surface area contributed by atoms with Gasteiger partial charge in [0.15, 0.2) is 5.82 Å². The second kappa shape index (κ2) is 4.04. The molecule has 0 saturated heterocycles. The Balaban J connectivity index is 2.25. The highest BCUT2D eigenvalue weighted by molar-refractivity contribution is 5.75. The summed E-state index contributed by atoms with van der Waals surface area (Å²) in [6.07, 6.45) is 1.69. The van der Waals surface area contributed by atoms with Crippen molar-refractivity contribution in [1.29, 1.82) is 0 Å². The monoisotopic (exact) mass is 241 g/mol. The van der Waals surface area contributed by atoms with Crippen LogP contribution in [0.2, 0.25) is 0 Å². The van der Waals surface area contributed by atoms with Crippen LogP contribution in [0.15, 0.2) is 30.5 Å². The molecule has 7 heteroatoms. The number of hydrogen-bond acceptors (Lipinski definition) is 6. The lowest BCUT2D eigenvalue weighted by atomic mass is 10.3. The molecule has 1 aromatic carbocycles. The number of anilines is 1. The molecule has 0 amide bonds. The van der Waals surface area contributed by atoms with Crippen molar-refractivity contribution >= 4 is 17.0 Å². The molecular formula is C11H11N7. The lowest BCUT2D eigenvalue weighted by Crippen LogP contribution is -2.13. The van der Waals surface area contributed by atoms with Gasteiger partial charge in [-0.3, -0.25) is 5.43 Å². The predicted octanol–water partition coefficient (Wildman–Crippen LogP) is 0.805. The number of nitrogens with zero attached hydrogens (tertiary/aromatic N) is 5. The van der Waals surface area contributed by atoms with Crippen LogP contribution in [-0.2, 0) is 0 Å². The van der Waals surface area contributed by atoms with Crippen LogP contribution in [0.5, 0.6) is 0 Å². The first-order valence-corrected chi connectivity index (χ1v) is 5.40. The van der Waals surface area contributed by atoms with Gasteiger partial charge in [-0.1, -0.05) is 17.3 Å². The predicted molar refractivity (Wildman–Crippen MR) is 67.0 cm³/mol. The van der Waals surface area contributed by atoms with Gasteiger partial charge >= 0.3 is 0 Å². The maximum atomic E-state index is 5.31. The number of nitrogens with two attached hydrogens (primary N) is 1. The molecule has 0 aliphatic carbocycles. The van der Waals surface area contributed by atoms with E-state index in [1.807, 2.05) is 31.2 Å². The first-order valence-electron chi connectivity index (χ1n) is 5.40. The summed E-state index contributed by atoms with van der Waals surface area (Å²) in [5.41, 5.74) is 5.02. The normalized spacial score (nSPS) is 10.8. The van der Waals surface area contributed by atoms with Gasteiger partial charge in [0.1, 0.15) is 5.52 Å². The minimum Gasteiger partial charge on any atom is -0.292 e. The number of hydrogen-bond donors (Lipinski definition) is 2. The molecule has 0 fully saturated rings. The Labute approximate surface area is 103 Å². The zero-order chi connectivity index (χ0) is 12.5. The smallest absolute Gasteiger partial charge is 0.239 e. The first-order chi connectivity index (χ1) is 8.79. The van der Waals surface area contributed by atoms with Gasteiger partial charge in [0.05, 0.1) is 5.52 Å². The third kappa shape index (κ3) is 1.57. The van der Waals surface area contributed by atoms with E-state index in [-0.39, 0.29) is 0 Å². The number of aromatic nitrogens is 5. The maximum Gasteiger partial charge on any atom is 0.239 e.